The summed E-state index contributed by atoms with van der Waals surface area (Å²) < 4.78 is 47.0. The molecule has 0 radical (unpaired) electrons. The molecule has 0 N–H and O–H groups in total. The van der Waals surface area contributed by atoms with Crippen LogP contribution in [0.2, 0.25) is 0 Å². The summed E-state index contributed by atoms with van der Waals surface area (Å²) in [5, 5.41) is 0. The summed E-state index contributed by atoms with van der Waals surface area (Å²) in [6.07, 6.45) is -0.743. The van der Waals surface area contributed by atoms with E-state index < -0.39 is 42.5 Å². The molecule has 0 saturated carbocycles. The number of alkyl halides is 2. The van der Waals surface area contributed by atoms with Crippen LogP contribution in [0.1, 0.15) is 59.6 Å². The molecular formula is C20H28BF2NO4. The second kappa shape index (κ2) is 6.42. The van der Waals surface area contributed by atoms with Crippen molar-refractivity contribution in [3.8, 4) is 0 Å². The number of carbonyl (C=O) groups is 1. The van der Waals surface area contributed by atoms with E-state index in [4.69, 9.17) is 14.0 Å². The van der Waals surface area contributed by atoms with Crippen LogP contribution in [0.5, 0.6) is 0 Å². The average molecular weight is 395 g/mol. The number of nitrogens with zero attached hydrogens (tertiary/aromatic N) is 1. The maximum absolute atomic E-state index is 14.9. The predicted molar refractivity (Wildman–Crippen MR) is 103 cm³/mol. The van der Waals surface area contributed by atoms with Gasteiger partial charge in [0.15, 0.2) is 0 Å². The average Bonchev–Trinajstić information content (AvgIpc) is 2.72. The summed E-state index contributed by atoms with van der Waals surface area (Å²) in [4.78, 5) is 13.3. The molecule has 0 bridgehead atoms. The molecule has 1 aromatic rings. The Morgan fingerprint density at radius 3 is 2.25 bits per heavy atom. The largest absolute Gasteiger partial charge is 0.494 e. The van der Waals surface area contributed by atoms with Gasteiger partial charge in [-0.05, 0) is 59.5 Å². The Kier molecular flexibility index (Phi) is 4.83. The minimum atomic E-state index is -3.19. The summed E-state index contributed by atoms with van der Waals surface area (Å²) in [5.74, 6) is -3.19. The molecule has 3 rings (SSSR count). The van der Waals surface area contributed by atoms with Gasteiger partial charge in [-0.3, -0.25) is 4.90 Å². The van der Waals surface area contributed by atoms with Gasteiger partial charge in [0.05, 0.1) is 17.7 Å². The van der Waals surface area contributed by atoms with Crippen molar-refractivity contribution in [2.24, 2.45) is 0 Å². The van der Waals surface area contributed by atoms with Crippen molar-refractivity contribution in [2.45, 2.75) is 77.7 Å². The SMILES string of the molecule is CC(C)(C)OC(=O)N1Cc2ccc(B3OC(C)(C)C(C)(C)O3)cc2C(F)(F)C1. The van der Waals surface area contributed by atoms with Crippen LogP contribution in [-0.2, 0) is 26.5 Å². The van der Waals surface area contributed by atoms with Crippen molar-refractivity contribution >= 4 is 18.7 Å². The third-order valence-corrected chi connectivity index (χ3v) is 5.46. The van der Waals surface area contributed by atoms with E-state index in [9.17, 15) is 13.6 Å². The van der Waals surface area contributed by atoms with Crippen molar-refractivity contribution in [3.63, 3.8) is 0 Å². The number of amides is 1. The van der Waals surface area contributed by atoms with E-state index in [0.29, 0.717) is 11.0 Å². The Morgan fingerprint density at radius 2 is 1.71 bits per heavy atom. The van der Waals surface area contributed by atoms with Gasteiger partial charge in [0.25, 0.3) is 5.92 Å². The van der Waals surface area contributed by atoms with Crippen molar-refractivity contribution in [2.75, 3.05) is 6.54 Å². The lowest BCUT2D eigenvalue weighted by atomic mass is 9.76. The van der Waals surface area contributed by atoms with E-state index in [1.54, 1.807) is 32.9 Å². The minimum absolute atomic E-state index is 0.0729. The maximum Gasteiger partial charge on any atom is 0.494 e. The van der Waals surface area contributed by atoms with Crippen LogP contribution >= 0.6 is 0 Å². The van der Waals surface area contributed by atoms with Gasteiger partial charge in [-0.2, -0.15) is 8.78 Å². The monoisotopic (exact) mass is 395 g/mol. The first kappa shape index (κ1) is 21.1. The highest BCUT2D eigenvalue weighted by Crippen LogP contribution is 2.39. The number of benzene rings is 1. The zero-order valence-electron chi connectivity index (χ0n) is 17.6. The number of hydrogen-bond donors (Lipinski definition) is 0. The molecule has 154 valence electrons. The van der Waals surface area contributed by atoms with Crippen molar-refractivity contribution in [1.29, 1.82) is 0 Å². The lowest BCUT2D eigenvalue weighted by molar-refractivity contribution is -0.0591. The first-order valence-electron chi connectivity index (χ1n) is 9.46. The number of ether oxygens (including phenoxy) is 1. The molecule has 0 atom stereocenters. The van der Waals surface area contributed by atoms with Gasteiger partial charge in [0.1, 0.15) is 5.60 Å². The molecule has 5 nitrogen and oxygen atoms in total. The highest BCUT2D eigenvalue weighted by atomic mass is 19.3. The molecule has 1 saturated heterocycles. The molecule has 1 amide bonds. The van der Waals surface area contributed by atoms with Crippen LogP contribution in [0.3, 0.4) is 0 Å². The fourth-order valence-corrected chi connectivity index (χ4v) is 3.24. The second-order valence-electron chi connectivity index (χ2n) is 9.55. The van der Waals surface area contributed by atoms with Crippen LogP contribution in [0.15, 0.2) is 18.2 Å². The van der Waals surface area contributed by atoms with E-state index in [1.165, 1.54) is 6.07 Å². The van der Waals surface area contributed by atoms with E-state index >= 15 is 0 Å². The van der Waals surface area contributed by atoms with Gasteiger partial charge < -0.3 is 14.0 Å². The summed E-state index contributed by atoms with van der Waals surface area (Å²) in [6, 6.07) is 4.76. The van der Waals surface area contributed by atoms with Gasteiger partial charge in [0, 0.05) is 12.1 Å². The van der Waals surface area contributed by atoms with E-state index in [1.807, 2.05) is 27.7 Å². The third kappa shape index (κ3) is 3.89. The molecule has 2 aliphatic rings. The number of carbonyl (C=O) groups excluding carboxylic acids is 1. The van der Waals surface area contributed by atoms with Gasteiger partial charge in [-0.1, -0.05) is 18.2 Å². The topological polar surface area (TPSA) is 48.0 Å². The number of fused-ring (bicyclic) bond motifs is 1. The molecule has 1 fully saturated rings. The molecule has 2 heterocycles. The molecule has 0 spiro atoms. The Labute approximate surface area is 165 Å². The van der Waals surface area contributed by atoms with Gasteiger partial charge in [-0.15, -0.1) is 0 Å². The van der Waals surface area contributed by atoms with Crippen molar-refractivity contribution < 1.29 is 27.6 Å². The zero-order valence-corrected chi connectivity index (χ0v) is 17.6. The molecule has 0 aliphatic carbocycles. The molecule has 0 unspecified atom stereocenters. The Hall–Kier alpha value is -1.67. The quantitative estimate of drug-likeness (QED) is 0.679. The van der Waals surface area contributed by atoms with Gasteiger partial charge >= 0.3 is 13.2 Å². The highest BCUT2D eigenvalue weighted by molar-refractivity contribution is 6.62. The molecule has 28 heavy (non-hydrogen) atoms. The fraction of sp³-hybridized carbons (Fsp3) is 0.650. The molecule has 8 heteroatoms. The lowest BCUT2D eigenvalue weighted by Crippen LogP contribution is -2.46. The number of halogens is 2. The minimum Gasteiger partial charge on any atom is -0.444 e. The van der Waals surface area contributed by atoms with Crippen LogP contribution in [0, 0.1) is 0 Å². The predicted octanol–water partition coefficient (Wildman–Crippen LogP) is 3.83. The van der Waals surface area contributed by atoms with Crippen LogP contribution in [0.25, 0.3) is 0 Å². The van der Waals surface area contributed by atoms with Crippen molar-refractivity contribution in [1.82, 2.24) is 4.90 Å². The molecular weight excluding hydrogens is 367 g/mol. The van der Waals surface area contributed by atoms with E-state index in [2.05, 4.69) is 0 Å². The zero-order chi connectivity index (χ0) is 21.1. The Morgan fingerprint density at radius 1 is 1.14 bits per heavy atom. The maximum atomic E-state index is 14.9. The first-order valence-corrected chi connectivity index (χ1v) is 9.46. The van der Waals surface area contributed by atoms with Crippen LogP contribution < -0.4 is 5.46 Å². The van der Waals surface area contributed by atoms with Crippen molar-refractivity contribution in [3.05, 3.63) is 29.3 Å². The number of hydrogen-bond acceptors (Lipinski definition) is 4. The first-order chi connectivity index (χ1) is 12.6. The van der Waals surface area contributed by atoms with Crippen LogP contribution in [0.4, 0.5) is 13.6 Å². The van der Waals surface area contributed by atoms with E-state index in [-0.39, 0.29) is 12.1 Å². The van der Waals surface area contributed by atoms with E-state index in [0.717, 1.165) is 4.90 Å². The third-order valence-electron chi connectivity index (χ3n) is 5.46. The Balaban J connectivity index is 1.86. The molecule has 2 aliphatic heterocycles. The molecule has 0 aromatic heterocycles. The summed E-state index contributed by atoms with van der Waals surface area (Å²) in [5.41, 5.74) is -1.01. The van der Waals surface area contributed by atoms with Gasteiger partial charge in [0.2, 0.25) is 0 Å². The highest BCUT2D eigenvalue weighted by Gasteiger charge is 2.52. The lowest BCUT2D eigenvalue weighted by Gasteiger charge is -2.35. The second-order valence-corrected chi connectivity index (χ2v) is 9.55. The standard InChI is InChI=1S/C20H28BF2NO4/c1-17(2,3)26-16(25)24-11-13-8-9-14(10-15(13)20(22,23)12-24)21-27-18(4,5)19(6,7)28-21/h8-10H,11-12H2,1-7H3. The normalized spacial score (nSPS) is 22.8. The number of rotatable bonds is 1. The van der Waals surface area contributed by atoms with Crippen LogP contribution in [-0.4, -0.2) is 41.5 Å². The summed E-state index contributed by atoms with van der Waals surface area (Å²) in [7, 11) is -0.713. The summed E-state index contributed by atoms with van der Waals surface area (Å²) in [6.45, 7) is 12.1. The molecule has 1 aromatic carbocycles. The fourth-order valence-electron chi connectivity index (χ4n) is 3.24. The summed E-state index contributed by atoms with van der Waals surface area (Å²) >= 11 is 0. The smallest absolute Gasteiger partial charge is 0.444 e. The van der Waals surface area contributed by atoms with Gasteiger partial charge in [-0.25, -0.2) is 4.79 Å². The Bertz CT molecular complexity index is 773.